The van der Waals surface area contributed by atoms with Gasteiger partial charge < -0.3 is 25.8 Å². The number of fused-ring (bicyclic) bond motifs is 1. The highest BCUT2D eigenvalue weighted by atomic mass is 16.2. The monoisotopic (exact) mass is 538 g/mol. The molecule has 1 saturated heterocycles. The normalized spacial score (nSPS) is 15.4. The molecule has 0 bridgehead atoms. The number of carbonyl (C=O) groups excluding carboxylic acids is 3. The van der Waals surface area contributed by atoms with Crippen LogP contribution in [-0.4, -0.2) is 57.3 Å². The second kappa shape index (κ2) is 12.1. The SMILES string of the molecule is CC(N)C(=O)NC(Cc1ccc2ccccc2c1)C(=O)Nc1cn(C(C(=O)N2CCCC2)c2ccccc2)cn1. The third-order valence-electron chi connectivity index (χ3n) is 7.22. The van der Waals surface area contributed by atoms with Crippen LogP contribution in [-0.2, 0) is 20.8 Å². The van der Waals surface area contributed by atoms with Crippen LogP contribution in [0, 0.1) is 0 Å². The topological polar surface area (TPSA) is 122 Å². The summed E-state index contributed by atoms with van der Waals surface area (Å²) in [6.45, 7) is 3.04. The molecule has 3 atom stereocenters. The lowest BCUT2D eigenvalue weighted by atomic mass is 10.0. The molecular formula is C31H34N6O3. The number of benzene rings is 3. The zero-order chi connectivity index (χ0) is 28.1. The molecule has 206 valence electrons. The van der Waals surface area contributed by atoms with E-state index in [0.29, 0.717) is 5.82 Å². The molecule has 9 nitrogen and oxygen atoms in total. The van der Waals surface area contributed by atoms with Crippen molar-refractivity contribution in [2.24, 2.45) is 5.73 Å². The first-order valence-electron chi connectivity index (χ1n) is 13.6. The maximum absolute atomic E-state index is 13.5. The predicted octanol–water partition coefficient (Wildman–Crippen LogP) is 3.26. The van der Waals surface area contributed by atoms with Gasteiger partial charge in [-0.1, -0.05) is 72.8 Å². The summed E-state index contributed by atoms with van der Waals surface area (Å²) in [7, 11) is 0. The minimum Gasteiger partial charge on any atom is -0.343 e. The van der Waals surface area contributed by atoms with Crippen molar-refractivity contribution in [1.82, 2.24) is 19.8 Å². The van der Waals surface area contributed by atoms with E-state index in [9.17, 15) is 14.4 Å². The van der Waals surface area contributed by atoms with E-state index in [4.69, 9.17) is 5.73 Å². The quantitative estimate of drug-likeness (QED) is 0.302. The van der Waals surface area contributed by atoms with Gasteiger partial charge in [0.15, 0.2) is 5.82 Å². The zero-order valence-corrected chi connectivity index (χ0v) is 22.5. The summed E-state index contributed by atoms with van der Waals surface area (Å²) in [5, 5.41) is 7.74. The minimum absolute atomic E-state index is 0.00245. The van der Waals surface area contributed by atoms with Crippen LogP contribution in [0.15, 0.2) is 85.3 Å². The summed E-state index contributed by atoms with van der Waals surface area (Å²) >= 11 is 0. The molecule has 1 aromatic heterocycles. The van der Waals surface area contributed by atoms with Gasteiger partial charge in [0.25, 0.3) is 0 Å². The Kier molecular flexibility index (Phi) is 8.21. The van der Waals surface area contributed by atoms with Crippen molar-refractivity contribution in [3.63, 3.8) is 0 Å². The Morgan fingerprint density at radius 2 is 1.62 bits per heavy atom. The lowest BCUT2D eigenvalue weighted by Crippen LogP contribution is -2.50. The van der Waals surface area contributed by atoms with Crippen molar-refractivity contribution < 1.29 is 14.4 Å². The largest absolute Gasteiger partial charge is 0.343 e. The molecule has 1 aliphatic heterocycles. The summed E-state index contributed by atoms with van der Waals surface area (Å²) < 4.78 is 1.73. The minimum atomic E-state index is -0.874. The molecule has 1 fully saturated rings. The van der Waals surface area contributed by atoms with E-state index in [2.05, 4.69) is 15.6 Å². The highest BCUT2D eigenvalue weighted by molar-refractivity contribution is 5.97. The summed E-state index contributed by atoms with van der Waals surface area (Å²) in [5.74, 6) is -0.558. The molecule has 40 heavy (non-hydrogen) atoms. The van der Waals surface area contributed by atoms with Gasteiger partial charge in [-0.2, -0.15) is 0 Å². The number of anilines is 1. The zero-order valence-electron chi connectivity index (χ0n) is 22.5. The van der Waals surface area contributed by atoms with Crippen molar-refractivity contribution in [3.8, 4) is 0 Å². The molecule has 0 spiro atoms. The molecule has 9 heteroatoms. The molecule has 0 aliphatic carbocycles. The number of nitrogens with one attached hydrogen (secondary N) is 2. The molecule has 4 N–H and O–H groups in total. The van der Waals surface area contributed by atoms with Crippen LogP contribution in [0.4, 0.5) is 5.82 Å². The number of hydrogen-bond acceptors (Lipinski definition) is 5. The van der Waals surface area contributed by atoms with Crippen LogP contribution in [0.3, 0.4) is 0 Å². The van der Waals surface area contributed by atoms with Gasteiger partial charge in [-0.25, -0.2) is 4.98 Å². The van der Waals surface area contributed by atoms with E-state index >= 15 is 0 Å². The van der Waals surface area contributed by atoms with Crippen LogP contribution in [0.1, 0.15) is 36.9 Å². The standard InChI is InChI=1S/C31H34N6O3/c1-21(32)29(38)34-26(18-22-13-14-23-9-5-6-12-25(23)17-22)30(39)35-27-19-37(20-33-27)28(24-10-3-2-4-11-24)31(40)36-15-7-8-16-36/h2-6,9-14,17,19-21,26,28H,7-8,15-16,18,32H2,1H3,(H,34,38)(H,35,39). The number of amides is 3. The van der Waals surface area contributed by atoms with Crippen molar-refractivity contribution in [1.29, 1.82) is 0 Å². The van der Waals surface area contributed by atoms with Crippen molar-refractivity contribution >= 4 is 34.3 Å². The third-order valence-corrected chi connectivity index (χ3v) is 7.22. The fourth-order valence-electron chi connectivity index (χ4n) is 5.06. The summed E-state index contributed by atoms with van der Waals surface area (Å²) in [6.07, 6.45) is 5.47. The van der Waals surface area contributed by atoms with Crippen LogP contribution in [0.2, 0.25) is 0 Å². The Bertz CT molecular complexity index is 1490. The number of rotatable bonds is 9. The average Bonchev–Trinajstić information content (AvgIpc) is 3.66. The average molecular weight is 539 g/mol. The van der Waals surface area contributed by atoms with Gasteiger partial charge in [-0.05, 0) is 41.7 Å². The van der Waals surface area contributed by atoms with Gasteiger partial charge >= 0.3 is 0 Å². The molecule has 0 radical (unpaired) electrons. The number of aromatic nitrogens is 2. The third kappa shape index (κ3) is 6.21. The first kappa shape index (κ1) is 27.1. The highest BCUT2D eigenvalue weighted by Gasteiger charge is 2.30. The Morgan fingerprint density at radius 1 is 0.925 bits per heavy atom. The number of carbonyl (C=O) groups is 3. The molecule has 1 aliphatic rings. The van der Waals surface area contributed by atoms with Gasteiger partial charge in [-0.3, -0.25) is 14.4 Å². The van der Waals surface area contributed by atoms with E-state index in [-0.39, 0.29) is 12.3 Å². The van der Waals surface area contributed by atoms with E-state index in [1.165, 1.54) is 0 Å². The maximum Gasteiger partial charge on any atom is 0.250 e. The molecular weight excluding hydrogens is 504 g/mol. The lowest BCUT2D eigenvalue weighted by Gasteiger charge is -2.24. The first-order chi connectivity index (χ1) is 19.4. The van der Waals surface area contributed by atoms with Crippen molar-refractivity contribution in [2.75, 3.05) is 18.4 Å². The van der Waals surface area contributed by atoms with E-state index in [1.807, 2.05) is 77.7 Å². The van der Waals surface area contributed by atoms with Crippen molar-refractivity contribution in [2.45, 2.75) is 44.3 Å². The number of nitrogens with two attached hydrogens (primary N) is 1. The summed E-state index contributed by atoms with van der Waals surface area (Å²) in [5.41, 5.74) is 7.52. The lowest BCUT2D eigenvalue weighted by molar-refractivity contribution is -0.132. The molecule has 3 unspecified atom stereocenters. The Balaban J connectivity index is 1.37. The van der Waals surface area contributed by atoms with Crippen LogP contribution in [0.25, 0.3) is 10.8 Å². The number of likely N-dealkylation sites (tertiary alicyclic amines) is 1. The van der Waals surface area contributed by atoms with Gasteiger partial charge in [-0.15, -0.1) is 0 Å². The van der Waals surface area contributed by atoms with Crippen LogP contribution < -0.4 is 16.4 Å². The van der Waals surface area contributed by atoms with Gasteiger partial charge in [0.05, 0.1) is 12.4 Å². The summed E-state index contributed by atoms with van der Waals surface area (Å²) in [6, 6.07) is 21.2. The summed E-state index contributed by atoms with van der Waals surface area (Å²) in [4.78, 5) is 45.7. The highest BCUT2D eigenvalue weighted by Crippen LogP contribution is 2.25. The van der Waals surface area contributed by atoms with Crippen molar-refractivity contribution in [3.05, 3.63) is 96.4 Å². The van der Waals surface area contributed by atoms with E-state index < -0.39 is 29.9 Å². The fourth-order valence-corrected chi connectivity index (χ4v) is 5.06. The first-order valence-corrected chi connectivity index (χ1v) is 13.6. The smallest absolute Gasteiger partial charge is 0.250 e. The van der Waals surface area contributed by atoms with Crippen LogP contribution >= 0.6 is 0 Å². The van der Waals surface area contributed by atoms with Crippen LogP contribution in [0.5, 0.6) is 0 Å². The maximum atomic E-state index is 13.5. The molecule has 3 aromatic carbocycles. The molecule has 3 amide bonds. The molecule has 4 aromatic rings. The Morgan fingerprint density at radius 3 is 2.35 bits per heavy atom. The molecule has 0 saturated carbocycles. The Hall–Kier alpha value is -4.50. The number of hydrogen-bond donors (Lipinski definition) is 3. The molecule has 5 rings (SSSR count). The van der Waals surface area contributed by atoms with Gasteiger partial charge in [0.2, 0.25) is 17.7 Å². The second-order valence-corrected chi connectivity index (χ2v) is 10.3. The second-order valence-electron chi connectivity index (χ2n) is 10.3. The Labute approximate surface area is 233 Å². The van der Waals surface area contributed by atoms with E-state index in [1.54, 1.807) is 24.0 Å². The predicted molar refractivity (Wildman–Crippen MR) is 154 cm³/mol. The van der Waals surface area contributed by atoms with Gasteiger partial charge in [0.1, 0.15) is 12.1 Å². The van der Waals surface area contributed by atoms with Gasteiger partial charge in [0, 0.05) is 25.7 Å². The number of nitrogens with zero attached hydrogens (tertiary/aromatic N) is 3. The molecule has 2 heterocycles. The fraction of sp³-hybridized carbons (Fsp3) is 0.290. The van der Waals surface area contributed by atoms with E-state index in [0.717, 1.165) is 47.8 Å². The number of imidazole rings is 1.